The van der Waals surface area contributed by atoms with Crippen molar-refractivity contribution in [1.29, 1.82) is 0 Å². The molecule has 0 spiro atoms. The zero-order valence-corrected chi connectivity index (χ0v) is 8.05. The molecule has 1 rings (SSSR count). The minimum Gasteiger partial charge on any atom is -0.390 e. The zero-order valence-electron chi connectivity index (χ0n) is 8.05. The van der Waals surface area contributed by atoms with Gasteiger partial charge >= 0.3 is 0 Å². The third kappa shape index (κ3) is 2.98. The Labute approximate surface area is 75.5 Å². The Morgan fingerprint density at radius 3 is 2.42 bits per heavy atom. The standard InChI is InChI=1S/C11H20O/c1-2-3-5-8-11(12)9-6-4-7-10-11/h3,5,12H,2,4,6-10H2,1H3/b5-3+. The fourth-order valence-corrected chi connectivity index (χ4v) is 1.88. The van der Waals surface area contributed by atoms with Gasteiger partial charge in [0.2, 0.25) is 0 Å². The monoisotopic (exact) mass is 168 g/mol. The van der Waals surface area contributed by atoms with Gasteiger partial charge in [-0.15, -0.1) is 0 Å². The third-order valence-corrected chi connectivity index (χ3v) is 2.68. The Hall–Kier alpha value is -0.300. The molecule has 1 fully saturated rings. The molecule has 1 saturated carbocycles. The molecule has 1 aliphatic carbocycles. The maximum atomic E-state index is 10.0. The van der Waals surface area contributed by atoms with Crippen molar-refractivity contribution in [3.05, 3.63) is 12.2 Å². The molecule has 1 nitrogen and oxygen atoms in total. The van der Waals surface area contributed by atoms with E-state index in [1.165, 1.54) is 19.3 Å². The van der Waals surface area contributed by atoms with Crippen molar-refractivity contribution in [2.75, 3.05) is 0 Å². The Morgan fingerprint density at radius 1 is 1.17 bits per heavy atom. The second kappa shape index (κ2) is 4.66. The Morgan fingerprint density at radius 2 is 1.83 bits per heavy atom. The van der Waals surface area contributed by atoms with E-state index in [1.807, 2.05) is 0 Å². The zero-order chi connectivity index (χ0) is 8.86. The van der Waals surface area contributed by atoms with E-state index in [2.05, 4.69) is 19.1 Å². The van der Waals surface area contributed by atoms with Gasteiger partial charge in [0.1, 0.15) is 0 Å². The van der Waals surface area contributed by atoms with Crippen molar-refractivity contribution in [2.24, 2.45) is 0 Å². The molecule has 12 heavy (non-hydrogen) atoms. The van der Waals surface area contributed by atoms with Crippen molar-refractivity contribution >= 4 is 0 Å². The largest absolute Gasteiger partial charge is 0.390 e. The van der Waals surface area contributed by atoms with Gasteiger partial charge in [-0.25, -0.2) is 0 Å². The lowest BCUT2D eigenvalue weighted by Crippen LogP contribution is -2.30. The first kappa shape index (κ1) is 9.79. The lowest BCUT2D eigenvalue weighted by atomic mass is 9.82. The van der Waals surface area contributed by atoms with E-state index in [9.17, 15) is 5.11 Å². The first-order chi connectivity index (χ1) is 5.77. The molecular weight excluding hydrogens is 148 g/mol. The van der Waals surface area contributed by atoms with Gasteiger partial charge in [0.25, 0.3) is 0 Å². The summed E-state index contributed by atoms with van der Waals surface area (Å²) in [6.45, 7) is 2.13. The van der Waals surface area contributed by atoms with Crippen molar-refractivity contribution in [3.8, 4) is 0 Å². The fourth-order valence-electron chi connectivity index (χ4n) is 1.88. The summed E-state index contributed by atoms with van der Waals surface area (Å²) in [7, 11) is 0. The van der Waals surface area contributed by atoms with Crippen molar-refractivity contribution in [2.45, 2.75) is 57.5 Å². The molecule has 1 N–H and O–H groups in total. The molecule has 0 radical (unpaired) electrons. The van der Waals surface area contributed by atoms with Crippen LogP contribution in [0, 0.1) is 0 Å². The number of hydrogen-bond acceptors (Lipinski definition) is 1. The summed E-state index contributed by atoms with van der Waals surface area (Å²) in [4.78, 5) is 0. The smallest absolute Gasteiger partial charge is 0.0682 e. The van der Waals surface area contributed by atoms with Crippen LogP contribution in [0.5, 0.6) is 0 Å². The summed E-state index contributed by atoms with van der Waals surface area (Å²) < 4.78 is 0. The number of hydrogen-bond donors (Lipinski definition) is 1. The molecule has 1 heteroatoms. The topological polar surface area (TPSA) is 20.2 Å². The van der Waals surface area contributed by atoms with Crippen LogP contribution < -0.4 is 0 Å². The lowest BCUT2D eigenvalue weighted by Gasteiger charge is -2.30. The van der Waals surface area contributed by atoms with Gasteiger partial charge in [-0.3, -0.25) is 0 Å². The highest BCUT2D eigenvalue weighted by molar-refractivity contribution is 4.92. The van der Waals surface area contributed by atoms with Gasteiger partial charge in [0, 0.05) is 0 Å². The van der Waals surface area contributed by atoms with E-state index in [1.54, 1.807) is 0 Å². The summed E-state index contributed by atoms with van der Waals surface area (Å²) in [5.41, 5.74) is -0.357. The predicted octanol–water partition coefficient (Wildman–Crippen LogP) is 3.04. The van der Waals surface area contributed by atoms with Crippen LogP contribution in [-0.4, -0.2) is 10.7 Å². The summed E-state index contributed by atoms with van der Waals surface area (Å²) in [6.07, 6.45) is 11.9. The van der Waals surface area contributed by atoms with E-state index in [-0.39, 0.29) is 5.60 Å². The average molecular weight is 168 g/mol. The average Bonchev–Trinajstić information content (AvgIpc) is 2.06. The SMILES string of the molecule is CC/C=C/CC1(O)CCCCC1. The van der Waals surface area contributed by atoms with Gasteiger partial charge in [-0.2, -0.15) is 0 Å². The molecule has 0 aromatic carbocycles. The van der Waals surface area contributed by atoms with Crippen molar-refractivity contribution in [3.63, 3.8) is 0 Å². The molecule has 0 atom stereocenters. The normalized spacial score (nSPS) is 23.2. The Kier molecular flexibility index (Phi) is 3.80. The molecule has 0 amide bonds. The minimum atomic E-state index is -0.357. The highest BCUT2D eigenvalue weighted by Gasteiger charge is 2.27. The predicted molar refractivity (Wildman–Crippen MR) is 52.1 cm³/mol. The van der Waals surface area contributed by atoms with E-state index in [0.717, 1.165) is 25.7 Å². The van der Waals surface area contributed by atoms with Crippen LogP contribution in [0.2, 0.25) is 0 Å². The van der Waals surface area contributed by atoms with Gasteiger partial charge in [-0.1, -0.05) is 38.3 Å². The fraction of sp³-hybridized carbons (Fsp3) is 0.818. The molecule has 1 aliphatic rings. The number of aliphatic hydroxyl groups is 1. The number of allylic oxidation sites excluding steroid dienone is 1. The molecule has 0 aromatic rings. The maximum absolute atomic E-state index is 10.0. The second-order valence-corrected chi connectivity index (χ2v) is 3.87. The summed E-state index contributed by atoms with van der Waals surface area (Å²) >= 11 is 0. The molecule has 0 aliphatic heterocycles. The molecule has 0 aromatic heterocycles. The maximum Gasteiger partial charge on any atom is 0.0682 e. The summed E-state index contributed by atoms with van der Waals surface area (Å²) in [5.74, 6) is 0. The van der Waals surface area contributed by atoms with Crippen molar-refractivity contribution in [1.82, 2.24) is 0 Å². The van der Waals surface area contributed by atoms with Crippen LogP contribution in [0.25, 0.3) is 0 Å². The Balaban J connectivity index is 2.31. The van der Waals surface area contributed by atoms with Crippen LogP contribution in [0.4, 0.5) is 0 Å². The third-order valence-electron chi connectivity index (χ3n) is 2.68. The van der Waals surface area contributed by atoms with Crippen LogP contribution in [0.1, 0.15) is 51.9 Å². The van der Waals surface area contributed by atoms with Crippen LogP contribution in [0.3, 0.4) is 0 Å². The minimum absolute atomic E-state index is 0.357. The number of rotatable bonds is 3. The van der Waals surface area contributed by atoms with Gasteiger partial charge < -0.3 is 5.11 Å². The molecule has 0 saturated heterocycles. The highest BCUT2D eigenvalue weighted by Crippen LogP contribution is 2.30. The summed E-state index contributed by atoms with van der Waals surface area (Å²) in [6, 6.07) is 0. The molecule has 0 unspecified atom stereocenters. The quantitative estimate of drug-likeness (QED) is 0.642. The van der Waals surface area contributed by atoms with E-state index in [0.29, 0.717) is 0 Å². The van der Waals surface area contributed by atoms with E-state index < -0.39 is 0 Å². The van der Waals surface area contributed by atoms with Gasteiger partial charge in [0.05, 0.1) is 5.60 Å². The molecule has 70 valence electrons. The molecule has 0 heterocycles. The molecular formula is C11H20O. The van der Waals surface area contributed by atoms with Crippen LogP contribution >= 0.6 is 0 Å². The van der Waals surface area contributed by atoms with Crippen LogP contribution in [0.15, 0.2) is 12.2 Å². The highest BCUT2D eigenvalue weighted by atomic mass is 16.3. The lowest BCUT2D eigenvalue weighted by molar-refractivity contribution is 0.00691. The first-order valence-corrected chi connectivity index (χ1v) is 5.14. The van der Waals surface area contributed by atoms with E-state index >= 15 is 0 Å². The van der Waals surface area contributed by atoms with Gasteiger partial charge in [0.15, 0.2) is 0 Å². The van der Waals surface area contributed by atoms with E-state index in [4.69, 9.17) is 0 Å². The Bertz CT molecular complexity index is 143. The second-order valence-electron chi connectivity index (χ2n) is 3.87. The van der Waals surface area contributed by atoms with Gasteiger partial charge in [-0.05, 0) is 25.7 Å². The summed E-state index contributed by atoms with van der Waals surface area (Å²) in [5, 5.41) is 10.0. The first-order valence-electron chi connectivity index (χ1n) is 5.14. The van der Waals surface area contributed by atoms with Crippen molar-refractivity contribution < 1.29 is 5.11 Å². The molecule has 0 bridgehead atoms. The van der Waals surface area contributed by atoms with Crippen LogP contribution in [-0.2, 0) is 0 Å².